The molecular weight excluding hydrogens is 360 g/mol. The van der Waals surface area contributed by atoms with Gasteiger partial charge >= 0.3 is 0 Å². The molecule has 1 aromatic rings. The van der Waals surface area contributed by atoms with Gasteiger partial charge in [-0.1, -0.05) is 5.92 Å². The standard InChI is InChI=1S/C17H20N2O6S/c1-3-4-9-25-13-5-7-14(8-6-13)26(23,24)15-10-16(17(21)18-22)19(11-15)12(2)20/h5-8,15-16,22H,9-11H2,1-2H3,(H,18,21)/t15-,16+/m0/s1. The van der Waals surface area contributed by atoms with Gasteiger partial charge in [-0.2, -0.15) is 0 Å². The average molecular weight is 380 g/mol. The van der Waals surface area contributed by atoms with Gasteiger partial charge in [0.05, 0.1) is 10.1 Å². The minimum atomic E-state index is -3.76. The van der Waals surface area contributed by atoms with Crippen LogP contribution in [-0.4, -0.2) is 54.8 Å². The summed E-state index contributed by atoms with van der Waals surface area (Å²) < 4.78 is 31.0. The lowest BCUT2D eigenvalue weighted by Crippen LogP contribution is -2.44. The molecule has 9 heteroatoms. The predicted molar refractivity (Wildman–Crippen MR) is 92.1 cm³/mol. The normalized spacial score (nSPS) is 19.4. The van der Waals surface area contributed by atoms with Crippen molar-refractivity contribution in [3.8, 4) is 17.6 Å². The van der Waals surface area contributed by atoms with E-state index in [9.17, 15) is 18.0 Å². The van der Waals surface area contributed by atoms with Crippen molar-refractivity contribution in [2.24, 2.45) is 0 Å². The Morgan fingerprint density at radius 2 is 2.00 bits per heavy atom. The number of hydrogen-bond acceptors (Lipinski definition) is 6. The largest absolute Gasteiger partial charge is 0.481 e. The van der Waals surface area contributed by atoms with E-state index in [0.717, 1.165) is 4.90 Å². The minimum Gasteiger partial charge on any atom is -0.481 e. The summed E-state index contributed by atoms with van der Waals surface area (Å²) in [5.74, 6) is 4.67. The van der Waals surface area contributed by atoms with Crippen molar-refractivity contribution in [2.75, 3.05) is 13.2 Å². The Hall–Kier alpha value is -2.57. The molecule has 0 spiro atoms. The van der Waals surface area contributed by atoms with Gasteiger partial charge in [0, 0.05) is 13.5 Å². The highest BCUT2D eigenvalue weighted by atomic mass is 32.2. The van der Waals surface area contributed by atoms with E-state index < -0.39 is 32.9 Å². The number of sulfone groups is 1. The number of benzene rings is 1. The molecule has 0 aliphatic carbocycles. The van der Waals surface area contributed by atoms with Gasteiger partial charge in [0.15, 0.2) is 9.84 Å². The van der Waals surface area contributed by atoms with Crippen LogP contribution in [0.5, 0.6) is 5.75 Å². The second-order valence-corrected chi connectivity index (χ2v) is 7.98. The fourth-order valence-corrected chi connectivity index (χ4v) is 4.50. The second kappa shape index (κ2) is 8.21. The smallest absolute Gasteiger partial charge is 0.266 e. The number of ether oxygens (including phenoxy) is 1. The van der Waals surface area contributed by atoms with Gasteiger partial charge in [0.2, 0.25) is 5.91 Å². The molecule has 1 fully saturated rings. The van der Waals surface area contributed by atoms with Crippen LogP contribution in [0, 0.1) is 11.8 Å². The number of nitrogens with one attached hydrogen (secondary N) is 1. The molecule has 0 unspecified atom stereocenters. The van der Waals surface area contributed by atoms with Crippen molar-refractivity contribution in [1.29, 1.82) is 0 Å². The maximum atomic E-state index is 12.8. The fourth-order valence-electron chi connectivity index (χ4n) is 2.80. The third-order valence-electron chi connectivity index (χ3n) is 4.16. The van der Waals surface area contributed by atoms with E-state index in [-0.39, 0.29) is 24.5 Å². The Bertz CT molecular complexity index is 838. The minimum absolute atomic E-state index is 0.0741. The van der Waals surface area contributed by atoms with Gasteiger partial charge in [-0.3, -0.25) is 14.8 Å². The van der Waals surface area contributed by atoms with Crippen molar-refractivity contribution in [2.45, 2.75) is 36.5 Å². The van der Waals surface area contributed by atoms with Crippen molar-refractivity contribution in [3.05, 3.63) is 24.3 Å². The maximum absolute atomic E-state index is 12.8. The molecule has 1 saturated heterocycles. The number of hydroxylamine groups is 1. The van der Waals surface area contributed by atoms with Crippen molar-refractivity contribution in [1.82, 2.24) is 10.4 Å². The molecule has 2 rings (SSSR count). The first-order chi connectivity index (χ1) is 12.3. The third-order valence-corrected chi connectivity index (χ3v) is 6.31. The van der Waals surface area contributed by atoms with Gasteiger partial charge < -0.3 is 9.64 Å². The van der Waals surface area contributed by atoms with Crippen LogP contribution in [0.25, 0.3) is 0 Å². The van der Waals surface area contributed by atoms with Crippen LogP contribution >= 0.6 is 0 Å². The van der Waals surface area contributed by atoms with Crippen molar-refractivity contribution < 1.29 is 28.0 Å². The quantitative estimate of drug-likeness (QED) is 0.433. The van der Waals surface area contributed by atoms with Crippen LogP contribution in [0.1, 0.15) is 20.3 Å². The molecule has 2 amide bonds. The number of rotatable bonds is 5. The summed E-state index contributed by atoms with van der Waals surface area (Å²) in [6.07, 6.45) is -0.0847. The Labute approximate surface area is 152 Å². The first-order valence-electron chi connectivity index (χ1n) is 7.88. The summed E-state index contributed by atoms with van der Waals surface area (Å²) >= 11 is 0. The second-order valence-electron chi connectivity index (χ2n) is 5.75. The molecule has 1 heterocycles. The van der Waals surface area contributed by atoms with Gasteiger partial charge in [0.1, 0.15) is 18.4 Å². The summed E-state index contributed by atoms with van der Waals surface area (Å²) in [5, 5.41) is 7.87. The van der Waals surface area contributed by atoms with E-state index in [1.54, 1.807) is 6.92 Å². The molecule has 1 aromatic carbocycles. The zero-order valence-corrected chi connectivity index (χ0v) is 15.2. The average Bonchev–Trinajstić information content (AvgIpc) is 3.08. The Kier molecular flexibility index (Phi) is 6.23. The van der Waals surface area contributed by atoms with Gasteiger partial charge in [-0.25, -0.2) is 13.9 Å². The summed E-state index contributed by atoms with van der Waals surface area (Å²) in [7, 11) is -3.76. The van der Waals surface area contributed by atoms with E-state index in [1.165, 1.54) is 36.7 Å². The van der Waals surface area contributed by atoms with Crippen LogP contribution in [0.15, 0.2) is 29.2 Å². The highest BCUT2D eigenvalue weighted by Gasteiger charge is 2.44. The highest BCUT2D eigenvalue weighted by Crippen LogP contribution is 2.29. The van der Waals surface area contributed by atoms with E-state index in [0.29, 0.717) is 5.75 Å². The summed E-state index contributed by atoms with van der Waals surface area (Å²) in [6, 6.07) is 4.87. The van der Waals surface area contributed by atoms with Crippen molar-refractivity contribution in [3.63, 3.8) is 0 Å². The van der Waals surface area contributed by atoms with Crippen LogP contribution in [0.3, 0.4) is 0 Å². The van der Waals surface area contributed by atoms with E-state index in [1.807, 2.05) is 0 Å². The van der Waals surface area contributed by atoms with Gasteiger partial charge in [0.25, 0.3) is 5.91 Å². The Morgan fingerprint density at radius 3 is 2.54 bits per heavy atom. The molecule has 0 bridgehead atoms. The molecule has 0 aromatic heterocycles. The lowest BCUT2D eigenvalue weighted by molar-refractivity contribution is -0.141. The Morgan fingerprint density at radius 1 is 1.35 bits per heavy atom. The summed E-state index contributed by atoms with van der Waals surface area (Å²) in [5.41, 5.74) is 1.48. The Balaban J connectivity index is 2.20. The SMILES string of the molecule is CC#CCOc1ccc(S(=O)(=O)[C@H]2C[C@H](C(=O)NO)N(C(C)=O)C2)cc1. The topological polar surface area (TPSA) is 113 Å². The number of carbonyl (C=O) groups excluding carboxylic acids is 2. The van der Waals surface area contributed by atoms with Gasteiger partial charge in [-0.05, 0) is 37.6 Å². The van der Waals surface area contributed by atoms with Crippen molar-refractivity contribution >= 4 is 21.7 Å². The first-order valence-corrected chi connectivity index (χ1v) is 9.43. The number of nitrogens with zero attached hydrogens (tertiary/aromatic N) is 1. The first kappa shape index (κ1) is 19.8. The lowest BCUT2D eigenvalue weighted by Gasteiger charge is -2.20. The van der Waals surface area contributed by atoms with E-state index in [4.69, 9.17) is 9.94 Å². The highest BCUT2D eigenvalue weighted by molar-refractivity contribution is 7.92. The molecule has 8 nitrogen and oxygen atoms in total. The molecule has 140 valence electrons. The molecule has 2 atom stereocenters. The lowest BCUT2D eigenvalue weighted by atomic mass is 10.2. The van der Waals surface area contributed by atoms with Gasteiger partial charge in [-0.15, -0.1) is 5.92 Å². The molecule has 1 aliphatic heterocycles. The zero-order valence-electron chi connectivity index (χ0n) is 14.4. The zero-order chi connectivity index (χ0) is 19.3. The number of hydrogen-bond donors (Lipinski definition) is 2. The number of likely N-dealkylation sites (tertiary alicyclic amines) is 1. The molecular formula is C17H20N2O6S. The summed E-state index contributed by atoms with van der Waals surface area (Å²) in [6.45, 7) is 3.03. The van der Waals surface area contributed by atoms with E-state index >= 15 is 0 Å². The predicted octanol–water partition coefficient (Wildman–Crippen LogP) is 0.357. The fraction of sp³-hybridized carbons (Fsp3) is 0.412. The molecule has 0 saturated carbocycles. The molecule has 0 radical (unpaired) electrons. The molecule has 1 aliphatic rings. The summed E-state index contributed by atoms with van der Waals surface area (Å²) in [4.78, 5) is 24.6. The molecule has 2 N–H and O–H groups in total. The van der Waals surface area contributed by atoms with Crippen LogP contribution in [0.2, 0.25) is 0 Å². The number of carbonyl (C=O) groups is 2. The maximum Gasteiger partial charge on any atom is 0.266 e. The monoisotopic (exact) mass is 380 g/mol. The van der Waals surface area contributed by atoms with E-state index in [2.05, 4.69) is 11.8 Å². The molecule has 26 heavy (non-hydrogen) atoms. The van der Waals surface area contributed by atoms with Crippen LogP contribution in [-0.2, 0) is 19.4 Å². The third kappa shape index (κ3) is 4.15. The number of amides is 2. The van der Waals surface area contributed by atoms with Crippen LogP contribution in [0.4, 0.5) is 0 Å². The van der Waals surface area contributed by atoms with Crippen LogP contribution < -0.4 is 10.2 Å².